The normalized spacial score (nSPS) is 13.5. The number of ether oxygens (including phenoxy) is 1. The maximum absolute atomic E-state index is 12.8. The molecule has 0 saturated carbocycles. The van der Waals surface area contributed by atoms with Gasteiger partial charge >= 0.3 is 24.3 Å². The molecule has 1 amide bonds. The van der Waals surface area contributed by atoms with E-state index in [2.05, 4.69) is 38.4 Å². The van der Waals surface area contributed by atoms with Crippen molar-refractivity contribution in [1.29, 1.82) is 0 Å². The summed E-state index contributed by atoms with van der Waals surface area (Å²) < 4.78 is 68.7. The number of carbonyl (C=O) groups excluding carboxylic acids is 1. The van der Waals surface area contributed by atoms with Crippen molar-refractivity contribution in [2.24, 2.45) is 0 Å². The molecule has 0 aliphatic carbocycles. The topological polar surface area (TPSA) is 148 Å². The molecule has 240 valence electrons. The zero-order chi connectivity index (χ0) is 33.1. The summed E-state index contributed by atoms with van der Waals surface area (Å²) in [6.07, 6.45) is -6.16. The molecule has 4 rings (SSSR count). The molecule has 4 N–H and O–H groups in total. The molecule has 0 atom stereocenters. The molecule has 3 aromatic rings. The number of H-pyrrole nitrogens is 1. The number of nitrogens with one attached hydrogen (secondary N) is 2. The highest BCUT2D eigenvalue weighted by molar-refractivity contribution is 5.96. The van der Waals surface area contributed by atoms with Crippen LogP contribution in [-0.4, -0.2) is 95.8 Å². The first kappa shape index (κ1) is 35.4. The minimum Gasteiger partial charge on any atom is -0.497 e. The lowest BCUT2D eigenvalue weighted by Gasteiger charge is -2.35. The Bertz CT molecular complexity index is 1350. The van der Waals surface area contributed by atoms with Crippen LogP contribution in [-0.2, 0) is 20.8 Å². The van der Waals surface area contributed by atoms with Gasteiger partial charge in [0.1, 0.15) is 5.75 Å². The van der Waals surface area contributed by atoms with Crippen LogP contribution >= 0.6 is 0 Å². The highest BCUT2D eigenvalue weighted by Gasteiger charge is 2.38. The first-order valence-electron chi connectivity index (χ1n) is 12.6. The van der Waals surface area contributed by atoms with Crippen LogP contribution in [0.15, 0.2) is 54.9 Å². The molecule has 2 aromatic carbocycles. The quantitative estimate of drug-likeness (QED) is 0.292. The van der Waals surface area contributed by atoms with Gasteiger partial charge < -0.3 is 30.1 Å². The second-order valence-electron chi connectivity index (χ2n) is 9.19. The van der Waals surface area contributed by atoms with E-state index in [4.69, 9.17) is 24.5 Å². The van der Waals surface area contributed by atoms with Crippen LogP contribution < -0.4 is 15.0 Å². The molecule has 0 unspecified atom stereocenters. The van der Waals surface area contributed by atoms with Gasteiger partial charge in [-0.05, 0) is 42.4 Å². The predicted molar refractivity (Wildman–Crippen MR) is 146 cm³/mol. The number of hydrogen-bond donors (Lipinski definition) is 4. The molecular weight excluding hydrogens is 604 g/mol. The number of carboxylic acid groups (broad SMARTS) is 2. The lowest BCUT2D eigenvalue weighted by molar-refractivity contribution is -0.193. The summed E-state index contributed by atoms with van der Waals surface area (Å²) in [5, 5.41) is 24.3. The molecule has 11 nitrogen and oxygen atoms in total. The van der Waals surface area contributed by atoms with Gasteiger partial charge in [0.25, 0.3) is 0 Å². The van der Waals surface area contributed by atoms with Gasteiger partial charge in [-0.15, -0.1) is 0 Å². The van der Waals surface area contributed by atoms with Gasteiger partial charge in [-0.3, -0.25) is 9.89 Å². The molecule has 1 aliphatic rings. The number of halogens is 6. The lowest BCUT2D eigenvalue weighted by Crippen LogP contribution is -2.44. The Hall–Kier alpha value is -4.80. The van der Waals surface area contributed by atoms with Crippen molar-refractivity contribution in [3.8, 4) is 16.9 Å². The number of amides is 1. The smallest absolute Gasteiger partial charge is 0.490 e. The maximum atomic E-state index is 12.8. The number of anilines is 2. The van der Waals surface area contributed by atoms with Crippen LogP contribution in [0.5, 0.6) is 5.75 Å². The highest BCUT2D eigenvalue weighted by atomic mass is 19.4. The molecule has 0 radical (unpaired) electrons. The molecule has 1 fully saturated rings. The molecule has 1 saturated heterocycles. The molecule has 17 heteroatoms. The van der Waals surface area contributed by atoms with E-state index in [9.17, 15) is 31.1 Å². The van der Waals surface area contributed by atoms with Crippen molar-refractivity contribution in [2.45, 2.75) is 18.8 Å². The zero-order valence-corrected chi connectivity index (χ0v) is 23.4. The van der Waals surface area contributed by atoms with Crippen LogP contribution in [0, 0.1) is 0 Å². The summed E-state index contributed by atoms with van der Waals surface area (Å²) in [4.78, 5) is 35.2. The molecule has 44 heavy (non-hydrogen) atoms. The standard InChI is InChI=1S/C23H27N5O2.2C2HF3O2/c1-27-9-11-28(12-10-27)22-14-18(19-15-24-25-16-19)5-8-21(22)26-23(29)13-17-3-6-20(30-2)7-4-17;2*3-2(4,5)1(6)7/h3-8,14-16H,9-13H2,1-2H3,(H,24,25)(H,26,29);2*(H,6,7). The largest absolute Gasteiger partial charge is 0.497 e. The molecule has 0 spiro atoms. The Morgan fingerprint density at radius 3 is 1.91 bits per heavy atom. The SMILES string of the molecule is COc1ccc(CC(=O)Nc2ccc(-c3cn[nH]c3)cc2N2CCN(C)CC2)cc1.O=C(O)C(F)(F)F.O=C(O)C(F)(F)F. The third-order valence-corrected chi connectivity index (χ3v) is 5.96. The Morgan fingerprint density at radius 1 is 0.909 bits per heavy atom. The molecule has 0 bridgehead atoms. The van der Waals surface area contributed by atoms with E-state index < -0.39 is 24.3 Å². The van der Waals surface area contributed by atoms with Gasteiger partial charge in [-0.1, -0.05) is 18.2 Å². The highest BCUT2D eigenvalue weighted by Crippen LogP contribution is 2.32. The van der Waals surface area contributed by atoms with Crippen molar-refractivity contribution in [1.82, 2.24) is 15.1 Å². The Kier molecular flexibility index (Phi) is 12.6. The van der Waals surface area contributed by atoms with Crippen LogP contribution in [0.3, 0.4) is 0 Å². The summed E-state index contributed by atoms with van der Waals surface area (Å²) in [5.74, 6) is -4.77. The summed E-state index contributed by atoms with van der Waals surface area (Å²) in [5.41, 5.74) is 4.94. The molecule has 2 heterocycles. The summed E-state index contributed by atoms with van der Waals surface area (Å²) in [6.45, 7) is 3.84. The zero-order valence-electron chi connectivity index (χ0n) is 23.4. The fourth-order valence-corrected chi connectivity index (χ4v) is 3.66. The van der Waals surface area contributed by atoms with Gasteiger partial charge in [0, 0.05) is 37.9 Å². The first-order chi connectivity index (χ1) is 20.5. The van der Waals surface area contributed by atoms with Crippen LogP contribution in [0.4, 0.5) is 37.7 Å². The summed E-state index contributed by atoms with van der Waals surface area (Å²) in [6, 6.07) is 13.7. The number of aromatic amines is 1. The van der Waals surface area contributed by atoms with Gasteiger partial charge in [-0.25, -0.2) is 9.59 Å². The number of rotatable bonds is 6. The van der Waals surface area contributed by atoms with E-state index >= 15 is 0 Å². The number of benzene rings is 2. The number of alkyl halides is 6. The first-order valence-corrected chi connectivity index (χ1v) is 12.6. The Balaban J connectivity index is 0.000000402. The fraction of sp³-hybridized carbons (Fsp3) is 0.333. The van der Waals surface area contributed by atoms with Crippen molar-refractivity contribution < 1.29 is 55.7 Å². The van der Waals surface area contributed by atoms with Crippen molar-refractivity contribution in [2.75, 3.05) is 50.6 Å². The van der Waals surface area contributed by atoms with E-state index in [1.807, 2.05) is 48.8 Å². The number of carboxylic acids is 2. The molecule has 1 aromatic heterocycles. The lowest BCUT2D eigenvalue weighted by atomic mass is 10.1. The number of nitrogens with zero attached hydrogens (tertiary/aromatic N) is 3. The van der Waals surface area contributed by atoms with E-state index in [1.54, 1.807) is 7.11 Å². The molecule has 1 aliphatic heterocycles. The minimum atomic E-state index is -5.08. The van der Waals surface area contributed by atoms with E-state index in [-0.39, 0.29) is 5.91 Å². The van der Waals surface area contributed by atoms with Gasteiger partial charge in [0.2, 0.25) is 5.91 Å². The number of hydrogen-bond acceptors (Lipinski definition) is 7. The van der Waals surface area contributed by atoms with Crippen LogP contribution in [0.1, 0.15) is 5.56 Å². The molecular formula is C27H29F6N5O6. The predicted octanol–water partition coefficient (Wildman–Crippen LogP) is 4.28. The Labute approximate surface area is 247 Å². The maximum Gasteiger partial charge on any atom is 0.490 e. The number of piperazine rings is 1. The van der Waals surface area contributed by atoms with Gasteiger partial charge in [-0.2, -0.15) is 31.4 Å². The number of methoxy groups -OCH3 is 1. The average Bonchev–Trinajstić information content (AvgIpc) is 3.49. The van der Waals surface area contributed by atoms with E-state index in [1.165, 1.54) is 0 Å². The van der Waals surface area contributed by atoms with Crippen molar-refractivity contribution >= 4 is 29.2 Å². The number of aromatic nitrogens is 2. The second-order valence-corrected chi connectivity index (χ2v) is 9.19. The van der Waals surface area contributed by atoms with E-state index in [0.717, 1.165) is 60.0 Å². The summed E-state index contributed by atoms with van der Waals surface area (Å²) in [7, 11) is 3.77. The van der Waals surface area contributed by atoms with Gasteiger partial charge in [0.15, 0.2) is 0 Å². The third-order valence-electron chi connectivity index (χ3n) is 5.96. The van der Waals surface area contributed by atoms with Gasteiger partial charge in [0.05, 0.1) is 31.1 Å². The number of aliphatic carboxylic acids is 2. The average molecular weight is 634 g/mol. The monoisotopic (exact) mass is 633 g/mol. The second kappa shape index (κ2) is 15.6. The van der Waals surface area contributed by atoms with E-state index in [0.29, 0.717) is 6.42 Å². The number of carbonyl (C=O) groups is 3. The van der Waals surface area contributed by atoms with Crippen LogP contribution in [0.25, 0.3) is 11.1 Å². The number of likely N-dealkylation sites (N-methyl/N-ethyl adjacent to an activating group) is 1. The van der Waals surface area contributed by atoms with Crippen molar-refractivity contribution in [3.05, 3.63) is 60.4 Å². The third kappa shape index (κ3) is 11.5. The Morgan fingerprint density at radius 2 is 1.45 bits per heavy atom. The summed E-state index contributed by atoms with van der Waals surface area (Å²) >= 11 is 0. The minimum absolute atomic E-state index is 0.0356. The fourth-order valence-electron chi connectivity index (χ4n) is 3.66. The van der Waals surface area contributed by atoms with Crippen LogP contribution in [0.2, 0.25) is 0 Å². The van der Waals surface area contributed by atoms with Crippen molar-refractivity contribution in [3.63, 3.8) is 0 Å².